The first-order chi connectivity index (χ1) is 17.0. The molecule has 0 atom stereocenters. The molecule has 4 aromatic carbocycles. The molecule has 0 aliphatic carbocycles. The minimum absolute atomic E-state index is 0.0956. The number of carbonyl (C=O) groups is 2. The minimum Gasteiger partial charge on any atom is -0.482 e. The van der Waals surface area contributed by atoms with Gasteiger partial charge in [-0.1, -0.05) is 66.7 Å². The number of carbonyl (C=O) groups excluding carboxylic acids is 2. The Kier molecular flexibility index (Phi) is 5.68. The zero-order valence-corrected chi connectivity index (χ0v) is 18.4. The third-order valence-electron chi connectivity index (χ3n) is 5.66. The maximum Gasteiger partial charge on any atom is 0.311 e. The predicted molar refractivity (Wildman–Crippen MR) is 131 cm³/mol. The number of hydrogen-bond donors (Lipinski definition) is 1. The van der Waals surface area contributed by atoms with Crippen molar-refractivity contribution in [2.45, 2.75) is 6.61 Å². The number of hydrazine groups is 1. The quantitative estimate of drug-likeness (QED) is 0.191. The minimum atomic E-state index is -0.585. The van der Waals surface area contributed by atoms with E-state index in [1.807, 2.05) is 42.5 Å². The van der Waals surface area contributed by atoms with Crippen molar-refractivity contribution in [1.29, 1.82) is 0 Å². The third-order valence-corrected chi connectivity index (χ3v) is 5.66. The molecule has 1 saturated heterocycles. The molecule has 1 N–H and O–H groups in total. The second kappa shape index (κ2) is 9.11. The molecule has 0 aromatic heterocycles. The van der Waals surface area contributed by atoms with Gasteiger partial charge in [0.1, 0.15) is 12.2 Å². The molecule has 1 heterocycles. The highest BCUT2D eigenvalue weighted by Crippen LogP contribution is 2.31. The van der Waals surface area contributed by atoms with E-state index < -0.39 is 16.7 Å². The van der Waals surface area contributed by atoms with Crippen LogP contribution in [-0.4, -0.2) is 16.7 Å². The van der Waals surface area contributed by atoms with Gasteiger partial charge in [-0.2, -0.15) is 0 Å². The molecule has 0 unspecified atom stereocenters. The monoisotopic (exact) mass is 465 g/mol. The van der Waals surface area contributed by atoms with Crippen LogP contribution < -0.4 is 15.2 Å². The molecule has 4 aromatic rings. The fourth-order valence-electron chi connectivity index (χ4n) is 3.95. The Morgan fingerprint density at radius 3 is 2.46 bits per heavy atom. The Morgan fingerprint density at radius 2 is 1.66 bits per heavy atom. The molecule has 35 heavy (non-hydrogen) atoms. The summed E-state index contributed by atoms with van der Waals surface area (Å²) < 4.78 is 5.82. The number of rotatable bonds is 6. The average Bonchev–Trinajstić information content (AvgIpc) is 3.16. The Labute approximate surface area is 200 Å². The van der Waals surface area contributed by atoms with E-state index in [9.17, 15) is 19.7 Å². The Bertz CT molecular complexity index is 1490. The van der Waals surface area contributed by atoms with Crippen LogP contribution in [-0.2, 0) is 16.2 Å². The van der Waals surface area contributed by atoms with Gasteiger partial charge >= 0.3 is 5.69 Å². The number of fused-ring (bicyclic) bond motifs is 1. The lowest BCUT2D eigenvalue weighted by molar-refractivity contribution is -0.386. The Morgan fingerprint density at radius 1 is 0.914 bits per heavy atom. The predicted octanol–water partition coefficient (Wildman–Crippen LogP) is 4.79. The molecule has 0 saturated carbocycles. The maximum atomic E-state index is 12.8. The number of nitrogens with zero attached hydrogens (tertiary/aromatic N) is 2. The molecular weight excluding hydrogens is 446 g/mol. The fraction of sp³-hybridized carbons (Fsp3) is 0.0370. The van der Waals surface area contributed by atoms with E-state index in [-0.39, 0.29) is 23.6 Å². The van der Waals surface area contributed by atoms with Gasteiger partial charge in [0.25, 0.3) is 11.8 Å². The lowest BCUT2D eigenvalue weighted by atomic mass is 10.1. The number of anilines is 1. The second-order valence-corrected chi connectivity index (χ2v) is 7.89. The summed E-state index contributed by atoms with van der Waals surface area (Å²) in [5, 5.41) is 15.0. The van der Waals surface area contributed by atoms with Gasteiger partial charge in [-0.3, -0.25) is 25.1 Å². The average molecular weight is 465 g/mol. The summed E-state index contributed by atoms with van der Waals surface area (Å²) in [6, 6.07) is 26.6. The molecule has 172 valence electrons. The van der Waals surface area contributed by atoms with E-state index in [1.165, 1.54) is 18.2 Å². The van der Waals surface area contributed by atoms with Gasteiger partial charge in [-0.25, -0.2) is 5.01 Å². The second-order valence-electron chi connectivity index (χ2n) is 7.89. The molecule has 8 nitrogen and oxygen atoms in total. The summed E-state index contributed by atoms with van der Waals surface area (Å²) in [7, 11) is 0. The lowest BCUT2D eigenvalue weighted by Gasteiger charge is -2.13. The van der Waals surface area contributed by atoms with Crippen molar-refractivity contribution in [2.24, 2.45) is 0 Å². The molecule has 1 fully saturated rings. The van der Waals surface area contributed by atoms with Gasteiger partial charge in [-0.05, 0) is 46.2 Å². The first-order valence-electron chi connectivity index (χ1n) is 10.8. The smallest absolute Gasteiger partial charge is 0.311 e. The number of nitro benzene ring substituents is 1. The van der Waals surface area contributed by atoms with Crippen LogP contribution in [0.2, 0.25) is 0 Å². The van der Waals surface area contributed by atoms with Crippen molar-refractivity contribution in [3.05, 3.63) is 118 Å². The van der Waals surface area contributed by atoms with Crippen molar-refractivity contribution < 1.29 is 19.2 Å². The van der Waals surface area contributed by atoms with Gasteiger partial charge in [0, 0.05) is 6.07 Å². The molecule has 2 amide bonds. The topological polar surface area (TPSA) is 102 Å². The molecule has 8 heteroatoms. The fourth-order valence-corrected chi connectivity index (χ4v) is 3.95. The molecule has 1 aliphatic heterocycles. The van der Waals surface area contributed by atoms with Crippen LogP contribution in [0.5, 0.6) is 5.75 Å². The third kappa shape index (κ3) is 4.32. The summed E-state index contributed by atoms with van der Waals surface area (Å²) in [6.45, 7) is 0.148. The van der Waals surface area contributed by atoms with E-state index in [0.717, 1.165) is 21.3 Å². The van der Waals surface area contributed by atoms with E-state index in [1.54, 1.807) is 36.4 Å². The van der Waals surface area contributed by atoms with Crippen molar-refractivity contribution in [3.8, 4) is 5.75 Å². The first kappa shape index (κ1) is 21.8. The molecular formula is C27H19N3O5. The number of amides is 2. The largest absolute Gasteiger partial charge is 0.482 e. The van der Waals surface area contributed by atoms with Gasteiger partial charge in [-0.15, -0.1) is 0 Å². The van der Waals surface area contributed by atoms with E-state index in [0.29, 0.717) is 11.3 Å². The van der Waals surface area contributed by atoms with E-state index in [4.69, 9.17) is 4.74 Å². The zero-order chi connectivity index (χ0) is 24.4. The highest BCUT2D eigenvalue weighted by Gasteiger charge is 2.34. The van der Waals surface area contributed by atoms with Crippen molar-refractivity contribution in [1.82, 2.24) is 5.43 Å². The van der Waals surface area contributed by atoms with Crippen LogP contribution in [0, 0.1) is 10.1 Å². The van der Waals surface area contributed by atoms with E-state index in [2.05, 4.69) is 5.43 Å². The molecule has 1 aliphatic rings. The van der Waals surface area contributed by atoms with Crippen LogP contribution in [0.15, 0.2) is 96.6 Å². The van der Waals surface area contributed by atoms with Crippen LogP contribution in [0.4, 0.5) is 11.4 Å². The molecule has 0 radical (unpaired) electrons. The van der Waals surface area contributed by atoms with Crippen LogP contribution in [0.25, 0.3) is 16.8 Å². The number of ether oxygens (including phenoxy) is 1. The van der Waals surface area contributed by atoms with Gasteiger partial charge in [0.05, 0.1) is 10.6 Å². The first-order valence-corrected chi connectivity index (χ1v) is 10.8. The van der Waals surface area contributed by atoms with Crippen molar-refractivity contribution in [2.75, 3.05) is 5.01 Å². The SMILES string of the molecule is O=C1NN(c2ccccc2)C(=O)C1=Cc1ccc(OCc2cccc3ccccc23)c([N+](=O)[O-])c1. The van der Waals surface area contributed by atoms with E-state index >= 15 is 0 Å². The summed E-state index contributed by atoms with van der Waals surface area (Å²) in [6.07, 6.45) is 1.34. The van der Waals surface area contributed by atoms with Gasteiger partial charge in [0.2, 0.25) is 0 Å². The van der Waals surface area contributed by atoms with Crippen molar-refractivity contribution >= 4 is 40.0 Å². The molecule has 0 spiro atoms. The number of nitrogens with one attached hydrogen (secondary N) is 1. The maximum absolute atomic E-state index is 12.8. The van der Waals surface area contributed by atoms with Crippen LogP contribution >= 0.6 is 0 Å². The standard InChI is InChI=1S/C27H19N3O5/c31-26-23(27(32)29(28-26)21-10-2-1-3-11-21)15-18-13-14-25(24(16-18)30(33)34)35-17-20-9-6-8-19-7-4-5-12-22(19)20/h1-16H,17H2,(H,28,31). The number of benzene rings is 4. The summed E-state index contributed by atoms with van der Waals surface area (Å²) >= 11 is 0. The van der Waals surface area contributed by atoms with Gasteiger partial charge < -0.3 is 4.74 Å². The highest BCUT2D eigenvalue weighted by atomic mass is 16.6. The number of nitro groups is 1. The molecule has 5 rings (SSSR count). The van der Waals surface area contributed by atoms with Crippen LogP contribution in [0.1, 0.15) is 11.1 Å². The summed E-state index contributed by atoms with van der Waals surface area (Å²) in [4.78, 5) is 36.4. The Hall–Kier alpha value is -4.98. The number of para-hydroxylation sites is 1. The highest BCUT2D eigenvalue weighted by molar-refractivity contribution is 6.31. The van der Waals surface area contributed by atoms with Crippen molar-refractivity contribution in [3.63, 3.8) is 0 Å². The number of hydrogen-bond acceptors (Lipinski definition) is 5. The molecule has 0 bridgehead atoms. The summed E-state index contributed by atoms with van der Waals surface area (Å²) in [5.74, 6) is -1.03. The van der Waals surface area contributed by atoms with Crippen LogP contribution in [0.3, 0.4) is 0 Å². The lowest BCUT2D eigenvalue weighted by Crippen LogP contribution is -2.35. The Balaban J connectivity index is 1.41. The normalized spacial score (nSPS) is 14.4. The zero-order valence-electron chi connectivity index (χ0n) is 18.4. The summed E-state index contributed by atoms with van der Waals surface area (Å²) in [5.41, 5.74) is 3.88. The van der Waals surface area contributed by atoms with Gasteiger partial charge in [0.15, 0.2) is 5.75 Å².